The summed E-state index contributed by atoms with van der Waals surface area (Å²) in [5, 5.41) is 9.12. The molecule has 1 aliphatic heterocycles. The Morgan fingerprint density at radius 2 is 2.16 bits per heavy atom. The van der Waals surface area contributed by atoms with Crippen molar-refractivity contribution in [1.82, 2.24) is 4.90 Å². The molecule has 3 rings (SSSR count). The molecule has 1 amide bonds. The summed E-state index contributed by atoms with van der Waals surface area (Å²) in [5.74, 6) is -0.375. The lowest BCUT2D eigenvalue weighted by Crippen LogP contribution is -2.36. The standard InChI is InChI=1S/C18H18BrNO4S/c1-10-15(19)16(24-2)17(25-10)18(23)20-7-6-11-4-3-5-12(8-14(21)22)13(11)9-20/h3-5H,6-9H2,1-2H3,(H,21,22). The number of ether oxygens (including phenoxy) is 1. The number of rotatable bonds is 4. The Morgan fingerprint density at radius 3 is 2.84 bits per heavy atom. The molecule has 1 N–H and O–H groups in total. The lowest BCUT2D eigenvalue weighted by atomic mass is 9.93. The van der Waals surface area contributed by atoms with E-state index in [1.807, 2.05) is 25.1 Å². The van der Waals surface area contributed by atoms with Crippen LogP contribution in [0.3, 0.4) is 0 Å². The van der Waals surface area contributed by atoms with Crippen LogP contribution in [0.2, 0.25) is 0 Å². The molecule has 0 unspecified atom stereocenters. The minimum atomic E-state index is -0.865. The van der Waals surface area contributed by atoms with E-state index in [0.717, 1.165) is 32.5 Å². The minimum Gasteiger partial charge on any atom is -0.494 e. The molecule has 5 nitrogen and oxygen atoms in total. The van der Waals surface area contributed by atoms with Gasteiger partial charge in [0.2, 0.25) is 0 Å². The molecule has 0 radical (unpaired) electrons. The van der Waals surface area contributed by atoms with E-state index in [0.29, 0.717) is 23.7 Å². The molecule has 7 heteroatoms. The number of halogens is 1. The fraction of sp³-hybridized carbons (Fsp3) is 0.333. The van der Waals surface area contributed by atoms with Crippen LogP contribution in [0.1, 0.15) is 31.2 Å². The van der Waals surface area contributed by atoms with Crippen LogP contribution >= 0.6 is 27.3 Å². The van der Waals surface area contributed by atoms with Gasteiger partial charge in [-0.25, -0.2) is 0 Å². The Labute approximate surface area is 158 Å². The van der Waals surface area contributed by atoms with Crippen LogP contribution in [0.5, 0.6) is 5.75 Å². The van der Waals surface area contributed by atoms with Crippen molar-refractivity contribution in [3.8, 4) is 5.75 Å². The summed E-state index contributed by atoms with van der Waals surface area (Å²) in [5.41, 5.74) is 2.85. The largest absolute Gasteiger partial charge is 0.494 e. The molecule has 1 aromatic heterocycles. The van der Waals surface area contributed by atoms with Gasteiger partial charge >= 0.3 is 5.97 Å². The zero-order valence-corrected chi connectivity index (χ0v) is 16.4. The fourth-order valence-electron chi connectivity index (χ4n) is 3.12. The van der Waals surface area contributed by atoms with Gasteiger partial charge in [-0.3, -0.25) is 9.59 Å². The number of hydrogen-bond acceptors (Lipinski definition) is 4. The maximum Gasteiger partial charge on any atom is 0.307 e. The lowest BCUT2D eigenvalue weighted by Gasteiger charge is -2.30. The topological polar surface area (TPSA) is 66.8 Å². The van der Waals surface area contributed by atoms with Crippen LogP contribution in [0.25, 0.3) is 0 Å². The van der Waals surface area contributed by atoms with Gasteiger partial charge in [-0.1, -0.05) is 18.2 Å². The Hall–Kier alpha value is -1.86. The van der Waals surface area contributed by atoms with Crippen molar-refractivity contribution < 1.29 is 19.4 Å². The lowest BCUT2D eigenvalue weighted by molar-refractivity contribution is -0.136. The quantitative estimate of drug-likeness (QED) is 0.814. The van der Waals surface area contributed by atoms with Crippen molar-refractivity contribution in [1.29, 1.82) is 0 Å². The van der Waals surface area contributed by atoms with Gasteiger partial charge in [0.1, 0.15) is 4.88 Å². The predicted octanol–water partition coefficient (Wildman–Crippen LogP) is 3.65. The van der Waals surface area contributed by atoms with E-state index in [1.165, 1.54) is 11.3 Å². The van der Waals surface area contributed by atoms with Gasteiger partial charge in [-0.2, -0.15) is 0 Å². The maximum atomic E-state index is 13.0. The van der Waals surface area contributed by atoms with Gasteiger partial charge in [0.25, 0.3) is 5.91 Å². The number of thiophene rings is 1. The average molecular weight is 424 g/mol. The van der Waals surface area contributed by atoms with Crippen molar-refractivity contribution in [2.24, 2.45) is 0 Å². The number of fused-ring (bicyclic) bond motifs is 1. The predicted molar refractivity (Wildman–Crippen MR) is 99.5 cm³/mol. The Bertz CT molecular complexity index is 846. The number of amides is 1. The first-order valence-corrected chi connectivity index (χ1v) is 9.47. The molecule has 0 spiro atoms. The van der Waals surface area contributed by atoms with E-state index >= 15 is 0 Å². The van der Waals surface area contributed by atoms with Crippen LogP contribution in [0.4, 0.5) is 0 Å². The van der Waals surface area contributed by atoms with E-state index in [1.54, 1.807) is 12.0 Å². The first kappa shape index (κ1) is 17.9. The fourth-order valence-corrected chi connectivity index (χ4v) is 4.84. The number of aliphatic carboxylic acids is 1. The second-order valence-electron chi connectivity index (χ2n) is 5.94. The van der Waals surface area contributed by atoms with Crippen LogP contribution in [0.15, 0.2) is 22.7 Å². The monoisotopic (exact) mass is 423 g/mol. The number of carbonyl (C=O) groups excluding carboxylic acids is 1. The maximum absolute atomic E-state index is 13.0. The molecule has 1 aromatic carbocycles. The number of carboxylic acids is 1. The van der Waals surface area contributed by atoms with Crippen molar-refractivity contribution in [3.05, 3.63) is 49.1 Å². The molecule has 0 saturated heterocycles. The van der Waals surface area contributed by atoms with Crippen LogP contribution in [-0.4, -0.2) is 35.5 Å². The second-order valence-corrected chi connectivity index (χ2v) is 7.95. The van der Waals surface area contributed by atoms with Gasteiger partial charge < -0.3 is 14.7 Å². The SMILES string of the molecule is COc1c(C(=O)N2CCc3cccc(CC(=O)O)c3C2)sc(C)c1Br. The summed E-state index contributed by atoms with van der Waals surface area (Å²) in [6.07, 6.45) is 0.695. The Balaban J connectivity index is 1.91. The second kappa shape index (κ2) is 7.17. The first-order valence-electron chi connectivity index (χ1n) is 7.86. The first-order chi connectivity index (χ1) is 11.9. The summed E-state index contributed by atoms with van der Waals surface area (Å²) < 4.78 is 6.21. The highest BCUT2D eigenvalue weighted by Crippen LogP contribution is 2.40. The summed E-state index contributed by atoms with van der Waals surface area (Å²) >= 11 is 4.87. The van der Waals surface area contributed by atoms with Crippen molar-refractivity contribution in [2.75, 3.05) is 13.7 Å². The third-order valence-electron chi connectivity index (χ3n) is 4.37. The molecule has 25 heavy (non-hydrogen) atoms. The molecule has 132 valence electrons. The number of nitrogens with zero attached hydrogens (tertiary/aromatic N) is 1. The van der Waals surface area contributed by atoms with E-state index < -0.39 is 5.97 Å². The Kier molecular flexibility index (Phi) is 5.15. The third-order valence-corrected chi connectivity index (χ3v) is 6.66. The normalized spacial score (nSPS) is 13.5. The molecular weight excluding hydrogens is 406 g/mol. The average Bonchev–Trinajstić information content (AvgIpc) is 2.88. The van der Waals surface area contributed by atoms with Crippen LogP contribution in [-0.2, 0) is 24.2 Å². The number of aryl methyl sites for hydroxylation is 1. The van der Waals surface area contributed by atoms with E-state index in [4.69, 9.17) is 9.84 Å². The highest BCUT2D eigenvalue weighted by atomic mass is 79.9. The smallest absolute Gasteiger partial charge is 0.307 e. The minimum absolute atomic E-state index is 0.0296. The van der Waals surface area contributed by atoms with Crippen molar-refractivity contribution >= 4 is 39.1 Å². The van der Waals surface area contributed by atoms with Gasteiger partial charge in [-0.15, -0.1) is 11.3 Å². The van der Waals surface area contributed by atoms with Crippen molar-refractivity contribution in [2.45, 2.75) is 26.3 Å². The summed E-state index contributed by atoms with van der Waals surface area (Å²) in [6.45, 7) is 2.97. The summed E-state index contributed by atoms with van der Waals surface area (Å²) in [6, 6.07) is 5.72. The molecule has 0 aliphatic carbocycles. The number of carbonyl (C=O) groups is 2. The molecular formula is C18H18BrNO4S. The zero-order valence-electron chi connectivity index (χ0n) is 14.0. The molecule has 2 heterocycles. The Morgan fingerprint density at radius 1 is 1.40 bits per heavy atom. The van der Waals surface area contributed by atoms with Crippen LogP contribution in [0, 0.1) is 6.92 Å². The molecule has 0 atom stereocenters. The molecule has 0 fully saturated rings. The number of carboxylic acid groups (broad SMARTS) is 1. The van der Waals surface area contributed by atoms with Crippen molar-refractivity contribution in [3.63, 3.8) is 0 Å². The number of benzene rings is 1. The van der Waals surface area contributed by atoms with Gasteiger partial charge in [-0.05, 0) is 46.0 Å². The van der Waals surface area contributed by atoms with E-state index in [2.05, 4.69) is 15.9 Å². The van der Waals surface area contributed by atoms with E-state index in [-0.39, 0.29) is 12.3 Å². The third kappa shape index (κ3) is 3.43. The van der Waals surface area contributed by atoms with Gasteiger partial charge in [0, 0.05) is 18.0 Å². The zero-order chi connectivity index (χ0) is 18.1. The van der Waals surface area contributed by atoms with Crippen LogP contribution < -0.4 is 4.74 Å². The molecule has 2 aromatic rings. The number of hydrogen-bond donors (Lipinski definition) is 1. The highest BCUT2D eigenvalue weighted by Gasteiger charge is 2.28. The molecule has 0 saturated carbocycles. The van der Waals surface area contributed by atoms with Gasteiger partial charge in [0.05, 0.1) is 18.0 Å². The summed E-state index contributed by atoms with van der Waals surface area (Å²) in [7, 11) is 1.56. The number of methoxy groups -OCH3 is 1. The highest BCUT2D eigenvalue weighted by molar-refractivity contribution is 9.10. The van der Waals surface area contributed by atoms with E-state index in [9.17, 15) is 9.59 Å². The summed E-state index contributed by atoms with van der Waals surface area (Å²) in [4.78, 5) is 27.5. The molecule has 1 aliphatic rings. The van der Waals surface area contributed by atoms with Gasteiger partial charge in [0.15, 0.2) is 5.75 Å². The molecule has 0 bridgehead atoms.